The van der Waals surface area contributed by atoms with E-state index in [2.05, 4.69) is 13.8 Å². The summed E-state index contributed by atoms with van der Waals surface area (Å²) in [5.41, 5.74) is 6.95. The maximum absolute atomic E-state index is 11.2. The van der Waals surface area contributed by atoms with Gasteiger partial charge in [0, 0.05) is 22.2 Å². The Balaban J connectivity index is 2.13. The Kier molecular flexibility index (Phi) is 4.89. The zero-order valence-electron chi connectivity index (χ0n) is 12.6. The molecule has 0 unspecified atom stereocenters. The molecule has 2 N–H and O–H groups in total. The zero-order valence-corrected chi connectivity index (χ0v) is 13.4. The Hall–Kier alpha value is -1.13. The van der Waals surface area contributed by atoms with E-state index in [0.29, 0.717) is 22.9 Å². The third-order valence-corrected chi connectivity index (χ3v) is 4.99. The summed E-state index contributed by atoms with van der Waals surface area (Å²) < 4.78 is 0. The van der Waals surface area contributed by atoms with Gasteiger partial charge in [-0.15, -0.1) is 0 Å². The van der Waals surface area contributed by atoms with Gasteiger partial charge in [-0.3, -0.25) is 10.1 Å². The quantitative estimate of drug-likeness (QED) is 0.664. The van der Waals surface area contributed by atoms with Gasteiger partial charge in [0.2, 0.25) is 0 Å². The lowest BCUT2D eigenvalue weighted by molar-refractivity contribution is -0.385. The first-order valence-corrected chi connectivity index (χ1v) is 7.90. The van der Waals surface area contributed by atoms with Crippen LogP contribution < -0.4 is 5.73 Å². The molecule has 1 aliphatic carbocycles. The summed E-state index contributed by atoms with van der Waals surface area (Å²) in [4.78, 5) is 10.8. The second-order valence-corrected chi connectivity index (χ2v) is 7.09. The molecule has 0 aliphatic heterocycles. The van der Waals surface area contributed by atoms with Gasteiger partial charge in [0.15, 0.2) is 0 Å². The molecule has 21 heavy (non-hydrogen) atoms. The zero-order chi connectivity index (χ0) is 15.6. The first-order valence-electron chi connectivity index (χ1n) is 7.52. The Morgan fingerprint density at radius 2 is 2.05 bits per heavy atom. The molecule has 1 aromatic carbocycles. The van der Waals surface area contributed by atoms with E-state index in [1.165, 1.54) is 6.07 Å². The molecule has 0 amide bonds. The third kappa shape index (κ3) is 3.95. The first kappa shape index (κ1) is 16.2. The fraction of sp³-hybridized carbons (Fsp3) is 0.625. The van der Waals surface area contributed by atoms with E-state index in [-0.39, 0.29) is 16.1 Å². The summed E-state index contributed by atoms with van der Waals surface area (Å²) in [6.07, 6.45) is 4.61. The third-order valence-electron chi connectivity index (χ3n) is 4.76. The van der Waals surface area contributed by atoms with E-state index in [1.807, 2.05) is 0 Å². The van der Waals surface area contributed by atoms with Crippen LogP contribution in [-0.4, -0.2) is 10.5 Å². The van der Waals surface area contributed by atoms with Crippen molar-refractivity contribution in [2.45, 2.75) is 51.5 Å². The Labute approximate surface area is 130 Å². The van der Waals surface area contributed by atoms with Gasteiger partial charge in [0.1, 0.15) is 0 Å². The Bertz CT molecular complexity index is 523. The topological polar surface area (TPSA) is 69.2 Å². The lowest BCUT2D eigenvalue weighted by Gasteiger charge is -2.38. The van der Waals surface area contributed by atoms with Crippen molar-refractivity contribution in [3.05, 3.63) is 38.9 Å². The molecule has 0 saturated heterocycles. The van der Waals surface area contributed by atoms with Crippen molar-refractivity contribution in [2.24, 2.45) is 17.6 Å². The number of nitrogens with zero attached hydrogens (tertiary/aromatic N) is 1. The average molecular weight is 311 g/mol. The van der Waals surface area contributed by atoms with E-state index < -0.39 is 0 Å². The Morgan fingerprint density at radius 1 is 1.43 bits per heavy atom. The highest BCUT2D eigenvalue weighted by Gasteiger charge is 2.34. The summed E-state index contributed by atoms with van der Waals surface area (Å²) in [7, 11) is 0. The second kappa shape index (κ2) is 6.32. The largest absolute Gasteiger partial charge is 0.325 e. The molecule has 0 spiro atoms. The van der Waals surface area contributed by atoms with Gasteiger partial charge < -0.3 is 5.73 Å². The minimum Gasteiger partial charge on any atom is -0.325 e. The normalized spacial score (nSPS) is 26.0. The van der Waals surface area contributed by atoms with Crippen molar-refractivity contribution in [2.75, 3.05) is 0 Å². The van der Waals surface area contributed by atoms with Gasteiger partial charge in [0.05, 0.1) is 4.92 Å². The van der Waals surface area contributed by atoms with Crippen molar-refractivity contribution >= 4 is 17.3 Å². The lowest BCUT2D eigenvalue weighted by atomic mass is 9.71. The fourth-order valence-electron chi connectivity index (χ4n) is 3.29. The van der Waals surface area contributed by atoms with E-state index in [9.17, 15) is 10.1 Å². The van der Waals surface area contributed by atoms with Crippen LogP contribution in [0, 0.1) is 22.0 Å². The van der Waals surface area contributed by atoms with Gasteiger partial charge in [-0.1, -0.05) is 31.5 Å². The van der Waals surface area contributed by atoms with E-state index in [0.717, 1.165) is 31.6 Å². The summed E-state index contributed by atoms with van der Waals surface area (Å²) in [5, 5.41) is 11.6. The van der Waals surface area contributed by atoms with Gasteiger partial charge in [-0.2, -0.15) is 0 Å². The summed E-state index contributed by atoms with van der Waals surface area (Å²) in [6, 6.07) is 4.86. The first-order chi connectivity index (χ1) is 9.81. The number of nitro benzene ring substituents is 1. The molecule has 4 nitrogen and oxygen atoms in total. The molecule has 1 aromatic rings. The number of nitro groups is 1. The van der Waals surface area contributed by atoms with Crippen molar-refractivity contribution < 1.29 is 4.92 Å². The number of benzene rings is 1. The van der Waals surface area contributed by atoms with Crippen LogP contribution in [-0.2, 0) is 6.42 Å². The van der Waals surface area contributed by atoms with Crippen LogP contribution >= 0.6 is 11.6 Å². The SMILES string of the molecule is CC(C)C1CCC(N)(Cc2ccc(Cl)cc2[N+](=O)[O-])CC1. The highest BCUT2D eigenvalue weighted by molar-refractivity contribution is 6.30. The molecule has 1 fully saturated rings. The number of hydrogen-bond donors (Lipinski definition) is 1. The molecule has 0 aromatic heterocycles. The maximum atomic E-state index is 11.2. The lowest BCUT2D eigenvalue weighted by Crippen LogP contribution is -2.46. The van der Waals surface area contributed by atoms with E-state index >= 15 is 0 Å². The standard InChI is InChI=1S/C16H23ClN2O2/c1-11(2)12-5-7-16(18,8-6-12)10-13-3-4-14(17)9-15(13)19(20)21/h3-4,9,11-12H,5-8,10,18H2,1-2H3. The van der Waals surface area contributed by atoms with E-state index in [4.69, 9.17) is 17.3 Å². The molecule has 5 heteroatoms. The van der Waals surface area contributed by atoms with Crippen LogP contribution in [0.15, 0.2) is 18.2 Å². The van der Waals surface area contributed by atoms with Gasteiger partial charge >= 0.3 is 0 Å². The van der Waals surface area contributed by atoms with Crippen LogP contribution in [0.4, 0.5) is 5.69 Å². The van der Waals surface area contributed by atoms with Crippen LogP contribution in [0.3, 0.4) is 0 Å². The molecular weight excluding hydrogens is 288 g/mol. The summed E-state index contributed by atoms with van der Waals surface area (Å²) in [5.74, 6) is 1.40. The molecule has 116 valence electrons. The minimum absolute atomic E-state index is 0.0818. The molecule has 0 bridgehead atoms. The molecule has 0 atom stereocenters. The van der Waals surface area contributed by atoms with Crippen LogP contribution in [0.2, 0.25) is 5.02 Å². The summed E-state index contributed by atoms with van der Waals surface area (Å²) in [6.45, 7) is 4.50. The predicted molar refractivity (Wildman–Crippen MR) is 85.5 cm³/mol. The predicted octanol–water partition coefficient (Wildman–Crippen LogP) is 4.33. The van der Waals surface area contributed by atoms with Crippen molar-refractivity contribution in [3.8, 4) is 0 Å². The van der Waals surface area contributed by atoms with Crippen molar-refractivity contribution in [3.63, 3.8) is 0 Å². The average Bonchev–Trinajstić information content (AvgIpc) is 2.41. The molecule has 0 heterocycles. The number of nitrogens with two attached hydrogens (primary N) is 1. The van der Waals surface area contributed by atoms with Crippen LogP contribution in [0.1, 0.15) is 45.1 Å². The second-order valence-electron chi connectivity index (χ2n) is 6.65. The summed E-state index contributed by atoms with van der Waals surface area (Å²) >= 11 is 5.86. The fourth-order valence-corrected chi connectivity index (χ4v) is 3.46. The molecule has 1 saturated carbocycles. The molecule has 2 rings (SSSR count). The van der Waals surface area contributed by atoms with Gasteiger partial charge in [0.25, 0.3) is 5.69 Å². The van der Waals surface area contributed by atoms with E-state index in [1.54, 1.807) is 12.1 Å². The number of halogens is 1. The maximum Gasteiger partial charge on any atom is 0.274 e. The van der Waals surface area contributed by atoms with Crippen molar-refractivity contribution in [1.29, 1.82) is 0 Å². The molecule has 1 aliphatic rings. The molecule has 0 radical (unpaired) electrons. The monoisotopic (exact) mass is 310 g/mol. The highest BCUT2D eigenvalue weighted by Crippen LogP contribution is 2.37. The highest BCUT2D eigenvalue weighted by atomic mass is 35.5. The minimum atomic E-state index is -0.371. The van der Waals surface area contributed by atoms with Crippen LogP contribution in [0.5, 0.6) is 0 Å². The number of hydrogen-bond acceptors (Lipinski definition) is 3. The molecular formula is C16H23ClN2O2. The van der Waals surface area contributed by atoms with Gasteiger partial charge in [-0.25, -0.2) is 0 Å². The van der Waals surface area contributed by atoms with Gasteiger partial charge in [-0.05, 0) is 50.0 Å². The van der Waals surface area contributed by atoms with Crippen LogP contribution in [0.25, 0.3) is 0 Å². The Morgan fingerprint density at radius 3 is 2.57 bits per heavy atom. The number of rotatable bonds is 4. The smallest absolute Gasteiger partial charge is 0.274 e. The van der Waals surface area contributed by atoms with Crippen molar-refractivity contribution in [1.82, 2.24) is 0 Å².